The van der Waals surface area contributed by atoms with Gasteiger partial charge in [0.15, 0.2) is 0 Å². The Morgan fingerprint density at radius 2 is 1.58 bits per heavy atom. The van der Waals surface area contributed by atoms with Crippen LogP contribution in [0.4, 0.5) is 0 Å². The molecule has 0 saturated carbocycles. The monoisotopic (exact) mass is 401 g/mol. The van der Waals surface area contributed by atoms with E-state index < -0.39 is 0 Å². The minimum absolute atomic E-state index is 0.00778. The Kier molecular flexibility index (Phi) is 4.38. The third kappa shape index (κ3) is 3.08. The van der Waals surface area contributed by atoms with E-state index in [1.807, 2.05) is 18.2 Å². The molecule has 5 aromatic rings. The summed E-state index contributed by atoms with van der Waals surface area (Å²) in [6.45, 7) is 6.76. The minimum atomic E-state index is -0.00778. The predicted octanol–water partition coefficient (Wildman–Crippen LogP) is 7.01. The van der Waals surface area contributed by atoms with E-state index in [0.717, 1.165) is 16.8 Å². The number of hydrogen-bond acceptors (Lipinski definition) is 2. The van der Waals surface area contributed by atoms with Crippen molar-refractivity contribution in [2.24, 2.45) is 0 Å². The van der Waals surface area contributed by atoms with Crippen molar-refractivity contribution in [3.8, 4) is 22.9 Å². The number of rotatable bonds is 2. The van der Waals surface area contributed by atoms with Gasteiger partial charge in [0.25, 0.3) is 0 Å². The topological polar surface area (TPSA) is 41.6 Å². The second kappa shape index (κ2) is 7.11. The summed E-state index contributed by atoms with van der Waals surface area (Å²) in [5.74, 6) is 0. The molecule has 0 fully saturated rings. The van der Waals surface area contributed by atoms with Crippen LogP contribution in [0.5, 0.6) is 0 Å². The van der Waals surface area contributed by atoms with Crippen LogP contribution in [0.15, 0.2) is 85.2 Å². The first-order valence-electron chi connectivity index (χ1n) is 10.5. The molecule has 0 aliphatic heterocycles. The first-order valence-corrected chi connectivity index (χ1v) is 10.5. The number of aromatic nitrogens is 2. The van der Waals surface area contributed by atoms with Crippen LogP contribution in [0.3, 0.4) is 0 Å². The number of hydrogen-bond donors (Lipinski definition) is 0. The summed E-state index contributed by atoms with van der Waals surface area (Å²) < 4.78 is 2.34. The molecular weight excluding hydrogens is 378 g/mol. The summed E-state index contributed by atoms with van der Waals surface area (Å²) >= 11 is 0. The van der Waals surface area contributed by atoms with E-state index in [1.165, 1.54) is 27.4 Å². The lowest BCUT2D eigenvalue weighted by Gasteiger charge is -2.22. The summed E-state index contributed by atoms with van der Waals surface area (Å²) in [5, 5.41) is 12.2. The second-order valence-electron chi connectivity index (χ2n) is 8.88. The van der Waals surface area contributed by atoms with Crippen molar-refractivity contribution in [1.29, 1.82) is 5.26 Å². The van der Waals surface area contributed by atoms with Crippen molar-refractivity contribution in [2.45, 2.75) is 26.2 Å². The molecule has 0 atom stereocenters. The molecule has 0 unspecified atom stereocenters. The molecule has 0 spiro atoms. The number of nitriles is 1. The van der Waals surface area contributed by atoms with E-state index in [4.69, 9.17) is 0 Å². The maximum Gasteiger partial charge on any atom is 0.0998 e. The molecule has 0 aliphatic carbocycles. The Hall–Kier alpha value is -3.90. The molecule has 3 heteroatoms. The van der Waals surface area contributed by atoms with E-state index >= 15 is 0 Å². The summed E-state index contributed by atoms with van der Waals surface area (Å²) in [7, 11) is 0. The van der Waals surface area contributed by atoms with Gasteiger partial charge in [-0.15, -0.1) is 0 Å². The molecule has 2 aromatic heterocycles. The quantitative estimate of drug-likeness (QED) is 0.319. The van der Waals surface area contributed by atoms with Crippen LogP contribution in [0.1, 0.15) is 31.9 Å². The Morgan fingerprint density at radius 3 is 2.32 bits per heavy atom. The fourth-order valence-electron chi connectivity index (χ4n) is 4.43. The maximum atomic E-state index is 9.72. The zero-order valence-corrected chi connectivity index (χ0v) is 17.9. The van der Waals surface area contributed by atoms with E-state index in [0.29, 0.717) is 5.56 Å². The number of para-hydroxylation sites is 2. The fraction of sp³-hybridized carbons (Fsp3) is 0.143. The van der Waals surface area contributed by atoms with Crippen LogP contribution in [0.2, 0.25) is 0 Å². The molecule has 0 bridgehead atoms. The van der Waals surface area contributed by atoms with Gasteiger partial charge < -0.3 is 4.57 Å². The highest BCUT2D eigenvalue weighted by molar-refractivity contribution is 6.10. The Balaban J connectivity index is 1.91. The van der Waals surface area contributed by atoms with Crippen LogP contribution in [0, 0.1) is 11.3 Å². The van der Waals surface area contributed by atoms with Gasteiger partial charge in [-0.1, -0.05) is 57.2 Å². The van der Waals surface area contributed by atoms with Gasteiger partial charge in [-0.25, -0.2) is 0 Å². The molecule has 150 valence electrons. The van der Waals surface area contributed by atoms with Crippen molar-refractivity contribution in [3.05, 3.63) is 96.3 Å². The fourth-order valence-corrected chi connectivity index (χ4v) is 4.43. The predicted molar refractivity (Wildman–Crippen MR) is 127 cm³/mol. The van der Waals surface area contributed by atoms with Crippen molar-refractivity contribution in [2.75, 3.05) is 0 Å². The van der Waals surface area contributed by atoms with Crippen LogP contribution in [-0.2, 0) is 5.41 Å². The van der Waals surface area contributed by atoms with Crippen LogP contribution in [0.25, 0.3) is 38.6 Å². The van der Waals surface area contributed by atoms with Crippen LogP contribution < -0.4 is 0 Å². The van der Waals surface area contributed by atoms with Gasteiger partial charge in [0.2, 0.25) is 0 Å². The van der Waals surface area contributed by atoms with Crippen molar-refractivity contribution in [3.63, 3.8) is 0 Å². The molecular formula is C28H23N3. The zero-order valence-electron chi connectivity index (χ0n) is 17.9. The smallest absolute Gasteiger partial charge is 0.0998 e. The van der Waals surface area contributed by atoms with Gasteiger partial charge in [-0.3, -0.25) is 4.98 Å². The highest BCUT2D eigenvalue weighted by Crippen LogP contribution is 2.39. The molecule has 3 aromatic carbocycles. The SMILES string of the molecule is CC(C)(C)c1cccc2c3ccccc3n(-c3ccc(C#N)c(-c4ccncc4)c3)c12. The second-order valence-corrected chi connectivity index (χ2v) is 8.88. The third-order valence-corrected chi connectivity index (χ3v) is 5.88. The lowest BCUT2D eigenvalue weighted by Crippen LogP contribution is -2.13. The van der Waals surface area contributed by atoms with Crippen molar-refractivity contribution < 1.29 is 0 Å². The Bertz CT molecular complexity index is 1460. The normalized spacial score (nSPS) is 11.7. The lowest BCUT2D eigenvalue weighted by molar-refractivity contribution is 0.594. The summed E-state index contributed by atoms with van der Waals surface area (Å²) in [6, 6.07) is 27.5. The van der Waals surface area contributed by atoms with Gasteiger partial charge in [-0.2, -0.15) is 5.26 Å². The first-order chi connectivity index (χ1) is 15.0. The van der Waals surface area contributed by atoms with Crippen molar-refractivity contribution in [1.82, 2.24) is 9.55 Å². The van der Waals surface area contributed by atoms with Gasteiger partial charge in [0, 0.05) is 34.4 Å². The molecule has 0 radical (unpaired) electrons. The van der Waals surface area contributed by atoms with Gasteiger partial charge in [-0.05, 0) is 52.9 Å². The summed E-state index contributed by atoms with van der Waals surface area (Å²) in [6.07, 6.45) is 3.53. The van der Waals surface area contributed by atoms with Gasteiger partial charge in [0.1, 0.15) is 0 Å². The standard InChI is InChI=1S/C28H23N3/c1-28(2,3)25-9-6-8-23-22-7-4-5-10-26(22)31(27(23)25)21-12-11-20(18-29)24(17-21)19-13-15-30-16-14-19/h4-17H,1-3H3. The molecule has 0 amide bonds. The first kappa shape index (κ1) is 19.1. The maximum absolute atomic E-state index is 9.72. The highest BCUT2D eigenvalue weighted by atomic mass is 15.0. The summed E-state index contributed by atoms with van der Waals surface area (Å²) in [5.41, 5.74) is 7.30. The molecule has 0 saturated heterocycles. The lowest BCUT2D eigenvalue weighted by atomic mass is 9.85. The zero-order chi connectivity index (χ0) is 21.6. The average Bonchev–Trinajstić information content (AvgIpc) is 3.13. The number of benzene rings is 3. The van der Waals surface area contributed by atoms with Gasteiger partial charge >= 0.3 is 0 Å². The summed E-state index contributed by atoms with van der Waals surface area (Å²) in [4.78, 5) is 4.13. The van der Waals surface area contributed by atoms with E-state index in [-0.39, 0.29) is 5.41 Å². The van der Waals surface area contributed by atoms with Crippen LogP contribution >= 0.6 is 0 Å². The Labute approximate surface area is 182 Å². The number of nitrogens with zero attached hydrogens (tertiary/aromatic N) is 3. The highest BCUT2D eigenvalue weighted by Gasteiger charge is 2.22. The molecule has 0 N–H and O–H groups in total. The molecule has 5 rings (SSSR count). The molecule has 0 aliphatic rings. The molecule has 31 heavy (non-hydrogen) atoms. The average molecular weight is 402 g/mol. The number of fused-ring (bicyclic) bond motifs is 3. The molecule has 2 heterocycles. The van der Waals surface area contributed by atoms with E-state index in [9.17, 15) is 5.26 Å². The Morgan fingerprint density at radius 1 is 0.839 bits per heavy atom. The third-order valence-electron chi connectivity index (χ3n) is 5.88. The van der Waals surface area contributed by atoms with Crippen LogP contribution in [-0.4, -0.2) is 9.55 Å². The largest absolute Gasteiger partial charge is 0.309 e. The van der Waals surface area contributed by atoms with Crippen molar-refractivity contribution >= 4 is 21.8 Å². The molecule has 3 nitrogen and oxygen atoms in total. The van der Waals surface area contributed by atoms with Gasteiger partial charge in [0.05, 0.1) is 22.7 Å². The van der Waals surface area contributed by atoms with E-state index in [2.05, 4.69) is 91.0 Å². The minimum Gasteiger partial charge on any atom is -0.309 e. The van der Waals surface area contributed by atoms with E-state index in [1.54, 1.807) is 12.4 Å². The number of pyridine rings is 1.